The molecule has 22 heteroatoms. The third-order valence-corrected chi connectivity index (χ3v) is 7.96. The molecule has 4 unspecified atom stereocenters. The van der Waals surface area contributed by atoms with Crippen molar-refractivity contribution < 1.29 is 61.4 Å². The van der Waals surface area contributed by atoms with Gasteiger partial charge < -0.3 is 40.3 Å². The molecule has 0 bridgehead atoms. The highest BCUT2D eigenvalue weighted by atomic mass is 31.3. The fourth-order valence-electron chi connectivity index (χ4n) is 2.97. The van der Waals surface area contributed by atoms with Gasteiger partial charge in [0.15, 0.2) is 17.4 Å². The molecule has 6 atom stereocenters. The molecule has 3 rings (SSSR count). The van der Waals surface area contributed by atoms with E-state index in [1.165, 1.54) is 6.92 Å². The van der Waals surface area contributed by atoms with Crippen molar-refractivity contribution in [3.8, 4) is 0 Å². The smallest absolute Gasteiger partial charge is 0.387 e. The molecular weight excluding hydrogens is 519 g/mol. The Kier molecular flexibility index (Phi) is 7.03. The van der Waals surface area contributed by atoms with Crippen LogP contribution in [0.3, 0.4) is 0 Å². The first-order chi connectivity index (χ1) is 15.0. The third-order valence-electron chi connectivity index (χ3n) is 4.15. The summed E-state index contributed by atoms with van der Waals surface area (Å²) in [6.45, 7) is 0.416. The largest absolute Gasteiger partial charge is 0.490 e. The second-order valence-electron chi connectivity index (χ2n) is 6.59. The molecule has 3 heterocycles. The molecule has 1 saturated heterocycles. The Balaban J connectivity index is 1.77. The summed E-state index contributed by atoms with van der Waals surface area (Å²) in [6.07, 6.45) is -6.41. The molecule has 0 spiro atoms. The maximum absolute atomic E-state index is 12.0. The number of H-pyrrole nitrogens is 1. The van der Waals surface area contributed by atoms with Gasteiger partial charge in [-0.05, 0) is 6.92 Å². The van der Waals surface area contributed by atoms with Gasteiger partial charge in [-0.3, -0.25) is 18.9 Å². The number of hydrogen-bond acceptors (Lipinski definition) is 13. The zero-order valence-corrected chi connectivity index (χ0v) is 18.9. The number of phosphoric ester groups is 1. The summed E-state index contributed by atoms with van der Waals surface area (Å²) < 4.78 is 52.0. The number of aliphatic hydroxyl groups is 2. The maximum atomic E-state index is 12.0. The predicted octanol–water partition coefficient (Wildman–Crippen LogP) is -2.03. The number of nitrogens with two attached hydrogens (primary N) is 1. The summed E-state index contributed by atoms with van der Waals surface area (Å²) in [5.74, 6) is -0.149. The first-order valence-electron chi connectivity index (χ1n) is 8.54. The van der Waals surface area contributed by atoms with Crippen LogP contribution in [0.4, 0.5) is 5.95 Å². The summed E-state index contributed by atoms with van der Waals surface area (Å²) in [6, 6.07) is 0. The highest BCUT2D eigenvalue weighted by molar-refractivity contribution is 7.66. The van der Waals surface area contributed by atoms with Gasteiger partial charge in [0, 0.05) is 0 Å². The normalized spacial score (nSPS) is 27.5. The van der Waals surface area contributed by atoms with Gasteiger partial charge >= 0.3 is 23.5 Å². The molecule has 0 aliphatic carbocycles. The Bertz CT molecular complexity index is 1260. The number of hydrogen-bond donors (Lipinski definition) is 8. The zero-order valence-electron chi connectivity index (χ0n) is 16.2. The number of nitrogens with zero attached hydrogens (tertiary/aromatic N) is 3. The Morgan fingerprint density at radius 3 is 2.33 bits per heavy atom. The summed E-state index contributed by atoms with van der Waals surface area (Å²) in [5.41, 5.74) is 4.59. The SMILES string of the molecule is Cc1nc2c(=O)[nH]c(N)nc2n1[C@@H]1O[C@H](COP(=O)(O)OP(=O)(O)OP(=O)(O)O)C(O)C1O. The van der Waals surface area contributed by atoms with Gasteiger partial charge in [0.05, 0.1) is 6.61 Å². The van der Waals surface area contributed by atoms with Crippen LogP contribution >= 0.6 is 23.5 Å². The number of nitrogen functional groups attached to an aromatic ring is 1. The number of aryl methyl sites for hydroxylation is 1. The van der Waals surface area contributed by atoms with Crippen LogP contribution in [0.2, 0.25) is 0 Å². The van der Waals surface area contributed by atoms with E-state index in [1.807, 2.05) is 0 Å². The van der Waals surface area contributed by atoms with Crippen LogP contribution in [0.25, 0.3) is 11.2 Å². The molecule has 186 valence electrons. The van der Waals surface area contributed by atoms with Crippen molar-refractivity contribution in [1.29, 1.82) is 0 Å². The van der Waals surface area contributed by atoms with Crippen LogP contribution in [0.5, 0.6) is 0 Å². The van der Waals surface area contributed by atoms with Gasteiger partial charge in [0.25, 0.3) is 5.56 Å². The lowest BCUT2D eigenvalue weighted by atomic mass is 10.1. The fourth-order valence-corrected chi connectivity index (χ4v) is 6.00. The van der Waals surface area contributed by atoms with E-state index in [-0.39, 0.29) is 22.9 Å². The number of rotatable bonds is 8. The van der Waals surface area contributed by atoms with Gasteiger partial charge in [0.2, 0.25) is 5.95 Å². The van der Waals surface area contributed by atoms with Crippen LogP contribution < -0.4 is 11.3 Å². The van der Waals surface area contributed by atoms with Crippen molar-refractivity contribution >= 4 is 40.6 Å². The predicted molar refractivity (Wildman–Crippen MR) is 103 cm³/mol. The van der Waals surface area contributed by atoms with E-state index in [2.05, 4.69) is 28.1 Å². The summed E-state index contributed by atoms with van der Waals surface area (Å²) in [7, 11) is -16.8. The van der Waals surface area contributed by atoms with Crippen molar-refractivity contribution in [3.63, 3.8) is 0 Å². The van der Waals surface area contributed by atoms with Crippen LogP contribution in [0.15, 0.2) is 4.79 Å². The molecule has 0 amide bonds. The van der Waals surface area contributed by atoms with E-state index < -0.39 is 60.2 Å². The molecule has 0 aromatic carbocycles. The number of phosphoric acid groups is 3. The number of ether oxygens (including phenoxy) is 1. The minimum absolute atomic E-state index is 0.0986. The summed E-state index contributed by atoms with van der Waals surface area (Å²) in [4.78, 5) is 57.8. The zero-order chi connectivity index (χ0) is 24.9. The number of aromatic nitrogens is 4. The van der Waals surface area contributed by atoms with E-state index in [9.17, 15) is 33.6 Å². The van der Waals surface area contributed by atoms with E-state index >= 15 is 0 Å². The first kappa shape index (κ1) is 26.1. The standard InChI is InChI=1S/C11H18N5O14P3/c1-3-13-5-8(14-11(12)15-9(5)19)16(3)10-7(18)6(17)4(28-10)2-27-32(23,24)30-33(25,26)29-31(20,21)22/h4,6-7,10,17-18H,2H2,1H3,(H,23,24)(H,25,26)(H2,20,21,22)(H3,12,14,15,19)/t4-,6?,7?,10-/m1/s1. The molecule has 1 aliphatic rings. The third kappa shape index (κ3) is 5.93. The number of aliphatic hydroxyl groups excluding tert-OH is 2. The molecule has 33 heavy (non-hydrogen) atoms. The number of nitrogens with one attached hydrogen (secondary N) is 1. The maximum Gasteiger partial charge on any atom is 0.490 e. The van der Waals surface area contributed by atoms with Crippen LogP contribution in [-0.2, 0) is 31.6 Å². The fraction of sp³-hybridized carbons (Fsp3) is 0.545. The quantitative estimate of drug-likeness (QED) is 0.168. The molecule has 2 aromatic rings. The number of anilines is 1. The lowest BCUT2D eigenvalue weighted by Gasteiger charge is -2.19. The Labute approximate surface area is 182 Å². The molecule has 1 aliphatic heterocycles. The summed E-state index contributed by atoms with van der Waals surface area (Å²) >= 11 is 0. The highest BCUT2D eigenvalue weighted by Crippen LogP contribution is 2.66. The van der Waals surface area contributed by atoms with Gasteiger partial charge in [-0.2, -0.15) is 13.6 Å². The topological polar surface area (TPSA) is 299 Å². The van der Waals surface area contributed by atoms with Crippen molar-refractivity contribution in [1.82, 2.24) is 19.5 Å². The number of aromatic amines is 1. The van der Waals surface area contributed by atoms with Gasteiger partial charge in [0.1, 0.15) is 24.1 Å². The van der Waals surface area contributed by atoms with Crippen LogP contribution in [0.1, 0.15) is 12.1 Å². The second-order valence-corrected chi connectivity index (χ2v) is 11.0. The summed E-state index contributed by atoms with van der Waals surface area (Å²) in [5, 5.41) is 20.6. The minimum atomic E-state index is -5.74. The molecule has 1 fully saturated rings. The molecule has 2 aromatic heterocycles. The highest BCUT2D eigenvalue weighted by Gasteiger charge is 2.47. The minimum Gasteiger partial charge on any atom is -0.387 e. The van der Waals surface area contributed by atoms with Crippen molar-refractivity contribution in [2.75, 3.05) is 12.3 Å². The van der Waals surface area contributed by atoms with E-state index in [0.29, 0.717) is 0 Å². The molecular formula is C11H18N5O14P3. The molecule has 0 saturated carbocycles. The molecule has 19 nitrogen and oxygen atoms in total. The van der Waals surface area contributed by atoms with Gasteiger partial charge in [-0.1, -0.05) is 0 Å². The Morgan fingerprint density at radius 1 is 1.09 bits per heavy atom. The molecule has 9 N–H and O–H groups in total. The average molecular weight is 537 g/mol. The lowest BCUT2D eigenvalue weighted by Crippen LogP contribution is -2.33. The first-order valence-corrected chi connectivity index (χ1v) is 13.1. The van der Waals surface area contributed by atoms with E-state index in [0.717, 1.165) is 4.57 Å². The second kappa shape index (κ2) is 8.90. The van der Waals surface area contributed by atoms with E-state index in [4.69, 9.17) is 25.2 Å². The van der Waals surface area contributed by atoms with Crippen LogP contribution in [0, 0.1) is 6.92 Å². The number of fused-ring (bicyclic) bond motifs is 1. The van der Waals surface area contributed by atoms with Crippen molar-refractivity contribution in [2.24, 2.45) is 0 Å². The monoisotopic (exact) mass is 537 g/mol. The van der Waals surface area contributed by atoms with E-state index in [1.54, 1.807) is 0 Å². The molecule has 0 radical (unpaired) electrons. The Hall–Kier alpha value is -1.56. The van der Waals surface area contributed by atoms with Crippen LogP contribution in [-0.4, -0.2) is 74.2 Å². The van der Waals surface area contributed by atoms with Gasteiger partial charge in [-0.15, -0.1) is 0 Å². The van der Waals surface area contributed by atoms with Crippen molar-refractivity contribution in [2.45, 2.75) is 31.5 Å². The van der Waals surface area contributed by atoms with Crippen molar-refractivity contribution in [3.05, 3.63) is 16.2 Å². The number of imidazole rings is 1. The van der Waals surface area contributed by atoms with Gasteiger partial charge in [-0.25, -0.2) is 18.7 Å². The Morgan fingerprint density at radius 2 is 1.73 bits per heavy atom. The lowest BCUT2D eigenvalue weighted by molar-refractivity contribution is -0.0511. The average Bonchev–Trinajstić information content (AvgIpc) is 3.07.